The van der Waals surface area contributed by atoms with E-state index in [9.17, 15) is 0 Å². The highest BCUT2D eigenvalue weighted by Gasteiger charge is 2.35. The lowest BCUT2D eigenvalue weighted by Crippen LogP contribution is -2.15. The summed E-state index contributed by atoms with van der Waals surface area (Å²) in [5.74, 6) is 0. The van der Waals surface area contributed by atoms with Gasteiger partial charge in [-0.2, -0.15) is 0 Å². The van der Waals surface area contributed by atoms with Crippen LogP contribution in [-0.4, -0.2) is 4.57 Å². The third kappa shape index (κ3) is 5.02. The first-order valence-electron chi connectivity index (χ1n) is 18.4. The molecule has 10 rings (SSSR count). The van der Waals surface area contributed by atoms with Crippen molar-refractivity contribution in [2.24, 2.45) is 0 Å². The van der Waals surface area contributed by atoms with E-state index in [-0.39, 0.29) is 5.41 Å². The number of para-hydroxylation sites is 3. The van der Waals surface area contributed by atoms with Crippen LogP contribution in [0.2, 0.25) is 0 Å². The van der Waals surface area contributed by atoms with Gasteiger partial charge < -0.3 is 9.47 Å². The zero-order valence-corrected chi connectivity index (χ0v) is 29.9. The lowest BCUT2D eigenvalue weighted by molar-refractivity contribution is 0.660. The molecule has 1 aliphatic carbocycles. The molecule has 0 spiro atoms. The molecular formula is C51H38N2. The number of nitrogens with zero attached hydrogens (tertiary/aromatic N) is 2. The van der Waals surface area contributed by atoms with E-state index in [4.69, 9.17) is 0 Å². The van der Waals surface area contributed by atoms with E-state index in [0.29, 0.717) is 0 Å². The molecule has 2 heteroatoms. The SMILES string of the molecule is CC1(C)c2ccccc2-c2ccc(-c3ccccc3N(c3ccc(-c4ccccc4)cc3)c3ccc4c5ccccc5n(-c5ccccc5)c4c3)cc21. The van der Waals surface area contributed by atoms with E-state index in [1.54, 1.807) is 0 Å². The van der Waals surface area contributed by atoms with Crippen molar-refractivity contribution in [2.75, 3.05) is 4.90 Å². The molecule has 2 nitrogen and oxygen atoms in total. The molecule has 1 aromatic heterocycles. The smallest absolute Gasteiger partial charge is 0.0561 e. The summed E-state index contributed by atoms with van der Waals surface area (Å²) in [5.41, 5.74) is 17.0. The molecule has 0 amide bonds. The Balaban J connectivity index is 1.19. The fraction of sp³-hybridized carbons (Fsp3) is 0.0588. The highest BCUT2D eigenvalue weighted by atomic mass is 15.1. The van der Waals surface area contributed by atoms with Crippen LogP contribution in [-0.2, 0) is 5.41 Å². The molecule has 0 unspecified atom stereocenters. The first-order valence-corrected chi connectivity index (χ1v) is 18.4. The fourth-order valence-corrected chi connectivity index (χ4v) is 8.60. The van der Waals surface area contributed by atoms with E-state index < -0.39 is 0 Å². The lowest BCUT2D eigenvalue weighted by Gasteiger charge is -2.29. The summed E-state index contributed by atoms with van der Waals surface area (Å²) in [5, 5.41) is 2.49. The summed E-state index contributed by atoms with van der Waals surface area (Å²) in [6.07, 6.45) is 0. The maximum Gasteiger partial charge on any atom is 0.0561 e. The van der Waals surface area contributed by atoms with Crippen LogP contribution in [0.3, 0.4) is 0 Å². The standard InChI is InChI=1S/C51H38N2/c1-51(2)46-22-12-9-20-42(46)43-31-27-37(33-47(43)51)41-19-10-13-23-48(41)52(39-28-25-36(26-29-39)35-15-5-3-6-16-35)40-30-32-45-44-21-11-14-24-49(44)53(50(45)34-40)38-17-7-4-8-18-38/h3-34H,1-2H3. The third-order valence-electron chi connectivity index (χ3n) is 11.2. The Morgan fingerprint density at radius 3 is 1.79 bits per heavy atom. The summed E-state index contributed by atoms with van der Waals surface area (Å²) in [4.78, 5) is 2.43. The third-order valence-corrected chi connectivity index (χ3v) is 11.2. The van der Waals surface area contributed by atoms with Gasteiger partial charge in [-0.3, -0.25) is 0 Å². The Morgan fingerprint density at radius 1 is 0.396 bits per heavy atom. The van der Waals surface area contributed by atoms with E-state index in [1.165, 1.54) is 66.3 Å². The van der Waals surface area contributed by atoms with Crippen LogP contribution in [0, 0.1) is 0 Å². The molecule has 9 aromatic rings. The molecule has 1 aliphatic rings. The molecule has 252 valence electrons. The molecule has 0 bridgehead atoms. The molecular weight excluding hydrogens is 641 g/mol. The molecule has 53 heavy (non-hydrogen) atoms. The van der Waals surface area contributed by atoms with Crippen molar-refractivity contribution in [1.82, 2.24) is 4.57 Å². The van der Waals surface area contributed by atoms with Gasteiger partial charge in [0.2, 0.25) is 0 Å². The van der Waals surface area contributed by atoms with Gasteiger partial charge in [-0.15, -0.1) is 0 Å². The Bertz CT molecular complexity index is 2790. The van der Waals surface area contributed by atoms with E-state index in [0.717, 1.165) is 22.7 Å². The van der Waals surface area contributed by atoms with Crippen molar-refractivity contribution in [3.63, 3.8) is 0 Å². The van der Waals surface area contributed by atoms with Crippen molar-refractivity contribution in [2.45, 2.75) is 19.3 Å². The van der Waals surface area contributed by atoms with Crippen LogP contribution in [0.1, 0.15) is 25.0 Å². The van der Waals surface area contributed by atoms with Crippen LogP contribution in [0.5, 0.6) is 0 Å². The highest BCUT2D eigenvalue weighted by molar-refractivity contribution is 6.10. The van der Waals surface area contributed by atoms with Crippen LogP contribution in [0.4, 0.5) is 17.1 Å². The lowest BCUT2D eigenvalue weighted by atomic mass is 9.81. The van der Waals surface area contributed by atoms with E-state index in [2.05, 4.69) is 217 Å². The van der Waals surface area contributed by atoms with Crippen LogP contribution in [0.15, 0.2) is 194 Å². The second-order valence-corrected chi connectivity index (χ2v) is 14.6. The molecule has 0 atom stereocenters. The van der Waals surface area contributed by atoms with Crippen molar-refractivity contribution in [3.05, 3.63) is 205 Å². The molecule has 8 aromatic carbocycles. The second kappa shape index (κ2) is 12.3. The van der Waals surface area contributed by atoms with Crippen molar-refractivity contribution in [3.8, 4) is 39.1 Å². The van der Waals surface area contributed by atoms with Crippen molar-refractivity contribution >= 4 is 38.9 Å². The summed E-state index contributed by atoms with van der Waals surface area (Å²) < 4.78 is 2.40. The Kier molecular flexibility index (Phi) is 7.19. The first kappa shape index (κ1) is 31.1. The zero-order chi connectivity index (χ0) is 35.5. The number of fused-ring (bicyclic) bond motifs is 6. The normalized spacial score (nSPS) is 12.9. The van der Waals surface area contributed by atoms with Crippen LogP contribution < -0.4 is 4.90 Å². The van der Waals surface area contributed by atoms with Gasteiger partial charge in [0.05, 0.1) is 16.7 Å². The number of benzene rings is 8. The van der Waals surface area contributed by atoms with Gasteiger partial charge in [-0.1, -0.05) is 153 Å². The zero-order valence-electron chi connectivity index (χ0n) is 29.9. The average molecular weight is 679 g/mol. The largest absolute Gasteiger partial charge is 0.310 e. The Hall–Kier alpha value is -6.64. The van der Waals surface area contributed by atoms with Gasteiger partial charge in [0.15, 0.2) is 0 Å². The van der Waals surface area contributed by atoms with E-state index >= 15 is 0 Å². The quantitative estimate of drug-likeness (QED) is 0.170. The van der Waals surface area contributed by atoms with Gasteiger partial charge in [0.1, 0.15) is 0 Å². The number of hydrogen-bond donors (Lipinski definition) is 0. The van der Waals surface area contributed by atoms with Gasteiger partial charge in [-0.25, -0.2) is 0 Å². The minimum absolute atomic E-state index is 0.0836. The van der Waals surface area contributed by atoms with Gasteiger partial charge in [0, 0.05) is 38.8 Å². The predicted molar refractivity (Wildman–Crippen MR) is 224 cm³/mol. The summed E-state index contributed by atoms with van der Waals surface area (Å²) in [6, 6.07) is 70.8. The predicted octanol–water partition coefficient (Wildman–Crippen LogP) is 13.9. The van der Waals surface area contributed by atoms with Gasteiger partial charge >= 0.3 is 0 Å². The highest BCUT2D eigenvalue weighted by Crippen LogP contribution is 2.51. The first-order chi connectivity index (χ1) is 26.1. The van der Waals surface area contributed by atoms with E-state index in [1.807, 2.05) is 0 Å². The molecule has 0 N–H and O–H groups in total. The Morgan fingerprint density at radius 2 is 0.981 bits per heavy atom. The van der Waals surface area contributed by atoms with Crippen LogP contribution >= 0.6 is 0 Å². The van der Waals surface area contributed by atoms with Crippen molar-refractivity contribution in [1.29, 1.82) is 0 Å². The topological polar surface area (TPSA) is 8.17 Å². The molecule has 0 fully saturated rings. The monoisotopic (exact) mass is 678 g/mol. The Labute approximate surface area is 310 Å². The summed E-state index contributed by atoms with van der Waals surface area (Å²) >= 11 is 0. The number of rotatable bonds is 6. The maximum atomic E-state index is 2.43. The second-order valence-electron chi connectivity index (χ2n) is 14.6. The van der Waals surface area contributed by atoms with Crippen molar-refractivity contribution < 1.29 is 0 Å². The van der Waals surface area contributed by atoms with Crippen LogP contribution in [0.25, 0.3) is 60.9 Å². The molecule has 0 radical (unpaired) electrons. The molecule has 1 heterocycles. The number of anilines is 3. The number of hydrogen-bond acceptors (Lipinski definition) is 1. The minimum Gasteiger partial charge on any atom is -0.310 e. The minimum atomic E-state index is -0.0836. The number of aromatic nitrogens is 1. The van der Waals surface area contributed by atoms with Gasteiger partial charge in [-0.05, 0) is 93.5 Å². The molecule has 0 saturated carbocycles. The molecule has 0 saturated heterocycles. The average Bonchev–Trinajstić information content (AvgIpc) is 3.67. The van der Waals surface area contributed by atoms with Gasteiger partial charge in [0.25, 0.3) is 0 Å². The summed E-state index contributed by atoms with van der Waals surface area (Å²) in [6.45, 7) is 4.71. The maximum absolute atomic E-state index is 2.43. The molecule has 0 aliphatic heterocycles. The summed E-state index contributed by atoms with van der Waals surface area (Å²) in [7, 11) is 0. The fourth-order valence-electron chi connectivity index (χ4n) is 8.60.